The van der Waals surface area contributed by atoms with E-state index < -0.39 is 11.8 Å². The smallest absolute Gasteiger partial charge is 0.341 e. The van der Waals surface area contributed by atoms with Gasteiger partial charge in [-0.3, -0.25) is 0 Å². The summed E-state index contributed by atoms with van der Waals surface area (Å²) in [4.78, 5) is 11.7. The van der Waals surface area contributed by atoms with Gasteiger partial charge in [-0.15, -0.1) is 0 Å². The zero-order valence-corrected chi connectivity index (χ0v) is 11.0. The van der Waals surface area contributed by atoms with E-state index in [-0.39, 0.29) is 17.2 Å². The highest BCUT2D eigenvalue weighted by atomic mass is 35.5. The molecule has 3 nitrogen and oxygen atoms in total. The second-order valence-corrected chi connectivity index (χ2v) is 4.45. The lowest BCUT2D eigenvalue weighted by Crippen LogP contribution is -2.07. The summed E-state index contributed by atoms with van der Waals surface area (Å²) in [6.45, 7) is -0.0313. The summed E-state index contributed by atoms with van der Waals surface area (Å²) in [5.74, 6) is -1.50. The highest BCUT2D eigenvalue weighted by Gasteiger charge is 2.13. The second kappa shape index (κ2) is 6.18. The molecular weight excluding hydrogens is 281 g/mol. The number of nitriles is 1. The van der Waals surface area contributed by atoms with E-state index in [1.165, 1.54) is 12.1 Å². The van der Waals surface area contributed by atoms with Gasteiger partial charge in [0.05, 0.1) is 17.2 Å². The summed E-state index contributed by atoms with van der Waals surface area (Å²) in [7, 11) is 0. The first kappa shape index (κ1) is 14.0. The fourth-order valence-electron chi connectivity index (χ4n) is 1.61. The minimum absolute atomic E-state index is 0.0313. The molecule has 0 amide bonds. The van der Waals surface area contributed by atoms with Crippen molar-refractivity contribution in [3.05, 3.63) is 70.0 Å². The third-order valence-electron chi connectivity index (χ3n) is 2.58. The maximum atomic E-state index is 13.5. The fourth-order valence-corrected chi connectivity index (χ4v) is 1.77. The molecule has 0 saturated heterocycles. The molecule has 20 heavy (non-hydrogen) atoms. The van der Waals surface area contributed by atoms with E-state index in [1.807, 2.05) is 6.07 Å². The first-order valence-corrected chi connectivity index (χ1v) is 6.09. The number of halogens is 2. The minimum Gasteiger partial charge on any atom is -0.457 e. The maximum Gasteiger partial charge on any atom is 0.341 e. The van der Waals surface area contributed by atoms with Gasteiger partial charge in [0.1, 0.15) is 12.4 Å². The average Bonchev–Trinajstić information content (AvgIpc) is 2.45. The molecule has 2 aromatic rings. The molecule has 0 bridgehead atoms. The molecule has 0 aliphatic heterocycles. The highest BCUT2D eigenvalue weighted by molar-refractivity contribution is 6.30. The molecule has 0 N–H and O–H groups in total. The molecule has 5 heteroatoms. The van der Waals surface area contributed by atoms with E-state index in [2.05, 4.69) is 0 Å². The molecule has 2 rings (SSSR count). The van der Waals surface area contributed by atoms with Gasteiger partial charge in [-0.25, -0.2) is 9.18 Å². The Balaban J connectivity index is 2.07. The Morgan fingerprint density at radius 2 is 2.10 bits per heavy atom. The van der Waals surface area contributed by atoms with Crippen LogP contribution in [0, 0.1) is 17.1 Å². The van der Waals surface area contributed by atoms with Crippen LogP contribution in [0.15, 0.2) is 42.5 Å². The predicted octanol–water partition coefficient (Wildman–Crippen LogP) is 3.71. The number of hydrogen-bond donors (Lipinski definition) is 0. The molecule has 0 heterocycles. The first-order valence-electron chi connectivity index (χ1n) is 5.71. The van der Waals surface area contributed by atoms with Crippen molar-refractivity contribution in [3.8, 4) is 6.07 Å². The largest absolute Gasteiger partial charge is 0.457 e. The number of hydrogen-bond acceptors (Lipinski definition) is 3. The van der Waals surface area contributed by atoms with E-state index in [1.54, 1.807) is 24.3 Å². The fraction of sp³-hybridized carbons (Fsp3) is 0.0667. The van der Waals surface area contributed by atoms with Gasteiger partial charge < -0.3 is 4.74 Å². The van der Waals surface area contributed by atoms with Crippen molar-refractivity contribution in [1.82, 2.24) is 0 Å². The van der Waals surface area contributed by atoms with Crippen LogP contribution in [0.25, 0.3) is 0 Å². The quantitative estimate of drug-likeness (QED) is 0.809. The molecule has 0 aliphatic rings. The summed E-state index contributed by atoms with van der Waals surface area (Å²) in [6, 6.07) is 12.4. The van der Waals surface area contributed by atoms with Crippen molar-refractivity contribution in [1.29, 1.82) is 5.26 Å². The van der Waals surface area contributed by atoms with Crippen molar-refractivity contribution < 1.29 is 13.9 Å². The maximum absolute atomic E-state index is 13.5. The molecule has 0 radical (unpaired) electrons. The zero-order chi connectivity index (χ0) is 14.5. The van der Waals surface area contributed by atoms with Crippen molar-refractivity contribution >= 4 is 17.6 Å². The Bertz CT molecular complexity index is 695. The summed E-state index contributed by atoms with van der Waals surface area (Å²) in [5, 5.41) is 8.97. The standard InChI is InChI=1S/C15H9ClFNO2/c16-12-4-5-13(14(17)7-12)15(19)20-9-11-3-1-2-10(6-11)8-18/h1-7H,9H2. The van der Waals surface area contributed by atoms with Crippen molar-refractivity contribution in [3.63, 3.8) is 0 Å². The number of ether oxygens (including phenoxy) is 1. The molecule has 0 atom stereocenters. The van der Waals surface area contributed by atoms with Gasteiger partial charge >= 0.3 is 5.97 Å². The van der Waals surface area contributed by atoms with Crippen molar-refractivity contribution in [2.45, 2.75) is 6.61 Å². The molecule has 0 unspecified atom stereocenters. The Kier molecular flexibility index (Phi) is 4.34. The number of esters is 1. The summed E-state index contributed by atoms with van der Waals surface area (Å²) >= 11 is 5.61. The molecule has 100 valence electrons. The van der Waals surface area contributed by atoms with E-state index in [0.29, 0.717) is 11.1 Å². The average molecular weight is 290 g/mol. The van der Waals surface area contributed by atoms with Crippen LogP contribution in [0.1, 0.15) is 21.5 Å². The normalized spacial score (nSPS) is 9.85. The molecular formula is C15H9ClFNO2. The lowest BCUT2D eigenvalue weighted by Gasteiger charge is -2.06. The van der Waals surface area contributed by atoms with Gasteiger partial charge in [0.2, 0.25) is 0 Å². The monoisotopic (exact) mass is 289 g/mol. The molecule has 0 spiro atoms. The lowest BCUT2D eigenvalue weighted by atomic mass is 10.1. The number of nitrogens with zero attached hydrogens (tertiary/aromatic N) is 1. The number of carbonyl (C=O) groups excluding carboxylic acids is 1. The number of carbonyl (C=O) groups is 1. The lowest BCUT2D eigenvalue weighted by molar-refractivity contribution is 0.0467. The molecule has 0 aliphatic carbocycles. The topological polar surface area (TPSA) is 50.1 Å². The molecule has 2 aromatic carbocycles. The van der Waals surface area contributed by atoms with Crippen LogP contribution in [0.4, 0.5) is 4.39 Å². The molecule has 0 saturated carbocycles. The Labute approximate surface area is 120 Å². The van der Waals surface area contributed by atoms with E-state index in [0.717, 1.165) is 6.07 Å². The van der Waals surface area contributed by atoms with Gasteiger partial charge in [0, 0.05) is 5.02 Å². The number of rotatable bonds is 3. The van der Waals surface area contributed by atoms with Crippen molar-refractivity contribution in [2.75, 3.05) is 0 Å². The summed E-state index contributed by atoms with van der Waals surface area (Å²) < 4.78 is 18.5. The van der Waals surface area contributed by atoms with Gasteiger partial charge in [-0.1, -0.05) is 23.7 Å². The van der Waals surface area contributed by atoms with Crippen LogP contribution in [-0.4, -0.2) is 5.97 Å². The molecule has 0 aromatic heterocycles. The third-order valence-corrected chi connectivity index (χ3v) is 2.81. The highest BCUT2D eigenvalue weighted by Crippen LogP contribution is 2.16. The van der Waals surface area contributed by atoms with E-state index in [9.17, 15) is 9.18 Å². The van der Waals surface area contributed by atoms with E-state index in [4.69, 9.17) is 21.6 Å². The van der Waals surface area contributed by atoms with Crippen molar-refractivity contribution in [2.24, 2.45) is 0 Å². The zero-order valence-electron chi connectivity index (χ0n) is 10.3. The second-order valence-electron chi connectivity index (χ2n) is 4.01. The van der Waals surface area contributed by atoms with Crippen LogP contribution in [0.2, 0.25) is 5.02 Å². The van der Waals surface area contributed by atoms with Crippen LogP contribution in [0.5, 0.6) is 0 Å². The van der Waals surface area contributed by atoms with Gasteiger partial charge in [-0.2, -0.15) is 5.26 Å². The van der Waals surface area contributed by atoms with Crippen LogP contribution in [0.3, 0.4) is 0 Å². The Hall–Kier alpha value is -2.38. The summed E-state index contributed by atoms with van der Waals surface area (Å²) in [5.41, 5.74) is 0.953. The third kappa shape index (κ3) is 3.34. The first-order chi connectivity index (χ1) is 9.60. The SMILES string of the molecule is N#Cc1cccc(COC(=O)c2ccc(Cl)cc2F)c1. The van der Waals surface area contributed by atoms with Gasteiger partial charge in [0.15, 0.2) is 0 Å². The van der Waals surface area contributed by atoms with Crippen LogP contribution < -0.4 is 0 Å². The summed E-state index contributed by atoms with van der Waals surface area (Å²) in [6.07, 6.45) is 0. The van der Waals surface area contributed by atoms with Gasteiger partial charge in [-0.05, 0) is 35.9 Å². The van der Waals surface area contributed by atoms with E-state index >= 15 is 0 Å². The number of benzene rings is 2. The van der Waals surface area contributed by atoms with Crippen LogP contribution >= 0.6 is 11.6 Å². The molecule has 0 fully saturated rings. The van der Waals surface area contributed by atoms with Gasteiger partial charge in [0.25, 0.3) is 0 Å². The van der Waals surface area contributed by atoms with Crippen LogP contribution in [-0.2, 0) is 11.3 Å². The Morgan fingerprint density at radius 3 is 2.80 bits per heavy atom. The Morgan fingerprint density at radius 1 is 1.30 bits per heavy atom. The predicted molar refractivity (Wildman–Crippen MR) is 71.7 cm³/mol. The minimum atomic E-state index is -0.776.